The predicted octanol–water partition coefficient (Wildman–Crippen LogP) is 4.50. The molecule has 174 valence electrons. The third-order valence-electron chi connectivity index (χ3n) is 5.36. The first-order valence-corrected chi connectivity index (χ1v) is 10.9. The van der Waals surface area contributed by atoms with Crippen molar-refractivity contribution in [1.82, 2.24) is 16.0 Å². The number of aryl methyl sites for hydroxylation is 2. The number of carbonyl (C=O) groups is 2. The Balaban J connectivity index is 1.52. The molecule has 2 amide bonds. The van der Waals surface area contributed by atoms with E-state index >= 15 is 0 Å². The lowest BCUT2D eigenvalue weighted by Crippen LogP contribution is -2.41. The highest BCUT2D eigenvalue weighted by Gasteiger charge is 2.17. The largest absolute Gasteiger partial charge is 0.494 e. The standard InChI is InChI=1S/C26H25N3O5/c1-4-32-21-11-9-18(10-12-21)25(30)27-28-26(31)22-13-19-7-5-6-8-20(19)14-24(22)33-15-23-16(2)29-34-17(23)3/h5-14H,4,15H2,1-3H3,(H,27,30)(H,28,31). The Hall–Kier alpha value is -4.33. The molecule has 34 heavy (non-hydrogen) atoms. The summed E-state index contributed by atoms with van der Waals surface area (Å²) in [5.41, 5.74) is 7.16. The van der Waals surface area contributed by atoms with Crippen LogP contribution in [0, 0.1) is 13.8 Å². The van der Waals surface area contributed by atoms with E-state index in [0.29, 0.717) is 29.4 Å². The Bertz CT molecular complexity index is 1310. The summed E-state index contributed by atoms with van der Waals surface area (Å²) in [6.07, 6.45) is 0. The van der Waals surface area contributed by atoms with Crippen LogP contribution in [0.5, 0.6) is 11.5 Å². The number of benzene rings is 3. The number of carbonyl (C=O) groups excluding carboxylic acids is 2. The van der Waals surface area contributed by atoms with E-state index in [-0.39, 0.29) is 12.2 Å². The van der Waals surface area contributed by atoms with Gasteiger partial charge in [-0.1, -0.05) is 29.4 Å². The van der Waals surface area contributed by atoms with Crippen molar-refractivity contribution in [3.8, 4) is 11.5 Å². The van der Waals surface area contributed by atoms with Gasteiger partial charge in [-0.25, -0.2) is 0 Å². The second kappa shape index (κ2) is 10.1. The van der Waals surface area contributed by atoms with Crippen LogP contribution in [-0.2, 0) is 6.61 Å². The molecule has 4 aromatic rings. The van der Waals surface area contributed by atoms with E-state index in [4.69, 9.17) is 14.0 Å². The maximum absolute atomic E-state index is 13.0. The number of hydrogen-bond donors (Lipinski definition) is 2. The molecule has 0 radical (unpaired) electrons. The molecule has 0 fully saturated rings. The van der Waals surface area contributed by atoms with Crippen LogP contribution in [-0.4, -0.2) is 23.6 Å². The van der Waals surface area contributed by atoms with Crippen molar-refractivity contribution in [3.63, 3.8) is 0 Å². The number of nitrogens with zero attached hydrogens (tertiary/aromatic N) is 1. The van der Waals surface area contributed by atoms with Crippen LogP contribution >= 0.6 is 0 Å². The molecule has 8 nitrogen and oxygen atoms in total. The van der Waals surface area contributed by atoms with E-state index in [0.717, 1.165) is 22.0 Å². The van der Waals surface area contributed by atoms with Crippen LogP contribution in [0.3, 0.4) is 0 Å². The van der Waals surface area contributed by atoms with Gasteiger partial charge in [-0.05, 0) is 67.9 Å². The minimum Gasteiger partial charge on any atom is -0.494 e. The van der Waals surface area contributed by atoms with E-state index in [2.05, 4.69) is 16.0 Å². The maximum atomic E-state index is 13.0. The van der Waals surface area contributed by atoms with Gasteiger partial charge >= 0.3 is 0 Å². The predicted molar refractivity (Wildman–Crippen MR) is 127 cm³/mol. The number of fused-ring (bicyclic) bond motifs is 1. The lowest BCUT2D eigenvalue weighted by atomic mass is 10.1. The number of rotatable bonds is 7. The summed E-state index contributed by atoms with van der Waals surface area (Å²) in [7, 11) is 0. The second-order valence-electron chi connectivity index (χ2n) is 7.65. The van der Waals surface area contributed by atoms with Gasteiger partial charge in [-0.3, -0.25) is 20.4 Å². The van der Waals surface area contributed by atoms with Gasteiger partial charge in [-0.2, -0.15) is 0 Å². The molecule has 0 aliphatic carbocycles. The van der Waals surface area contributed by atoms with Crippen molar-refractivity contribution in [2.24, 2.45) is 0 Å². The zero-order valence-corrected chi connectivity index (χ0v) is 19.2. The quantitative estimate of drug-likeness (QED) is 0.395. The molecule has 0 atom stereocenters. The van der Waals surface area contributed by atoms with E-state index in [1.165, 1.54) is 0 Å². The highest BCUT2D eigenvalue weighted by atomic mass is 16.5. The number of aromatic nitrogens is 1. The molecule has 0 bridgehead atoms. The molecule has 0 spiro atoms. The van der Waals surface area contributed by atoms with Crippen LogP contribution in [0.15, 0.2) is 65.2 Å². The van der Waals surface area contributed by atoms with E-state index in [9.17, 15) is 9.59 Å². The zero-order valence-electron chi connectivity index (χ0n) is 19.2. The van der Waals surface area contributed by atoms with Gasteiger partial charge in [0.25, 0.3) is 11.8 Å². The SMILES string of the molecule is CCOc1ccc(C(=O)NNC(=O)c2cc3ccccc3cc2OCc2c(C)noc2C)cc1. The zero-order chi connectivity index (χ0) is 24.1. The minimum atomic E-state index is -0.501. The van der Waals surface area contributed by atoms with E-state index < -0.39 is 11.8 Å². The van der Waals surface area contributed by atoms with Gasteiger partial charge in [0, 0.05) is 5.56 Å². The Kier molecular flexibility index (Phi) is 6.77. The number of hydrogen-bond acceptors (Lipinski definition) is 6. The smallest absolute Gasteiger partial charge is 0.273 e. The van der Waals surface area contributed by atoms with E-state index in [1.807, 2.05) is 45.0 Å². The molecule has 0 aliphatic rings. The van der Waals surface area contributed by atoms with Gasteiger partial charge < -0.3 is 14.0 Å². The van der Waals surface area contributed by atoms with Gasteiger partial charge in [0.15, 0.2) is 0 Å². The first kappa shape index (κ1) is 22.8. The molecule has 0 unspecified atom stereocenters. The number of ether oxygens (including phenoxy) is 2. The summed E-state index contributed by atoms with van der Waals surface area (Å²) in [4.78, 5) is 25.5. The molecule has 0 saturated carbocycles. The Morgan fingerprint density at radius 1 is 0.912 bits per heavy atom. The number of nitrogens with one attached hydrogen (secondary N) is 2. The van der Waals surface area contributed by atoms with Crippen LogP contribution in [0.2, 0.25) is 0 Å². The summed E-state index contributed by atoms with van der Waals surface area (Å²) in [6.45, 7) is 6.25. The second-order valence-corrected chi connectivity index (χ2v) is 7.65. The Labute approximate surface area is 196 Å². The molecule has 8 heteroatoms. The van der Waals surface area contributed by atoms with Gasteiger partial charge in [0.2, 0.25) is 0 Å². The molecule has 1 heterocycles. The summed E-state index contributed by atoms with van der Waals surface area (Å²) in [5.74, 6) is 0.756. The minimum absolute atomic E-state index is 0.193. The molecule has 1 aromatic heterocycles. The molecule has 0 saturated heterocycles. The maximum Gasteiger partial charge on any atom is 0.273 e. The van der Waals surface area contributed by atoms with Crippen LogP contribution in [0.4, 0.5) is 0 Å². The summed E-state index contributed by atoms with van der Waals surface area (Å²) < 4.78 is 16.6. The average Bonchev–Trinajstić information content (AvgIpc) is 3.18. The number of hydrazine groups is 1. The normalized spacial score (nSPS) is 10.7. The lowest BCUT2D eigenvalue weighted by molar-refractivity contribution is 0.0844. The molecule has 2 N–H and O–H groups in total. The molecule has 4 rings (SSSR count). The average molecular weight is 460 g/mol. The topological polar surface area (TPSA) is 103 Å². The van der Waals surface area contributed by atoms with Crippen molar-refractivity contribution in [2.75, 3.05) is 6.61 Å². The van der Waals surface area contributed by atoms with Crippen molar-refractivity contribution >= 4 is 22.6 Å². The van der Waals surface area contributed by atoms with Gasteiger partial charge in [0.1, 0.15) is 23.9 Å². The first-order chi connectivity index (χ1) is 16.5. The summed E-state index contributed by atoms with van der Waals surface area (Å²) in [6, 6.07) is 17.8. The lowest BCUT2D eigenvalue weighted by Gasteiger charge is -2.14. The summed E-state index contributed by atoms with van der Waals surface area (Å²) in [5, 5.41) is 5.73. The highest BCUT2D eigenvalue weighted by molar-refractivity contribution is 6.03. The van der Waals surface area contributed by atoms with Crippen LogP contribution < -0.4 is 20.3 Å². The van der Waals surface area contributed by atoms with Crippen molar-refractivity contribution < 1.29 is 23.6 Å². The Morgan fingerprint density at radius 2 is 1.59 bits per heavy atom. The van der Waals surface area contributed by atoms with E-state index in [1.54, 1.807) is 36.4 Å². The molecule has 0 aliphatic heterocycles. The van der Waals surface area contributed by atoms with Crippen LogP contribution in [0.1, 0.15) is 44.7 Å². The molecule has 3 aromatic carbocycles. The summed E-state index contributed by atoms with van der Waals surface area (Å²) >= 11 is 0. The molecular weight excluding hydrogens is 434 g/mol. The highest BCUT2D eigenvalue weighted by Crippen LogP contribution is 2.27. The van der Waals surface area contributed by atoms with Crippen molar-refractivity contribution in [1.29, 1.82) is 0 Å². The Morgan fingerprint density at radius 3 is 2.24 bits per heavy atom. The van der Waals surface area contributed by atoms with Gasteiger partial charge in [0.05, 0.1) is 23.4 Å². The first-order valence-electron chi connectivity index (χ1n) is 10.9. The third kappa shape index (κ3) is 5.01. The monoisotopic (exact) mass is 459 g/mol. The van der Waals surface area contributed by atoms with Crippen molar-refractivity contribution in [3.05, 3.63) is 88.8 Å². The molecular formula is C26H25N3O5. The third-order valence-corrected chi connectivity index (χ3v) is 5.36. The van der Waals surface area contributed by atoms with Crippen molar-refractivity contribution in [2.45, 2.75) is 27.4 Å². The fourth-order valence-corrected chi connectivity index (χ4v) is 3.50. The van der Waals surface area contributed by atoms with Crippen LogP contribution in [0.25, 0.3) is 10.8 Å². The van der Waals surface area contributed by atoms with Gasteiger partial charge in [-0.15, -0.1) is 0 Å². The fourth-order valence-electron chi connectivity index (χ4n) is 3.50. The fraction of sp³-hybridized carbons (Fsp3) is 0.192. The number of amides is 2.